The molecule has 0 heterocycles. The molecule has 0 amide bonds. The normalized spacial score (nSPS) is 28.4. The van der Waals surface area contributed by atoms with Crippen LogP contribution in [0.25, 0.3) is 0 Å². The zero-order valence-corrected chi connectivity index (χ0v) is 9.43. The van der Waals surface area contributed by atoms with Gasteiger partial charge in [0.2, 0.25) is 0 Å². The van der Waals surface area contributed by atoms with Gasteiger partial charge in [-0.2, -0.15) is 0 Å². The molecule has 16 heavy (non-hydrogen) atoms. The summed E-state index contributed by atoms with van der Waals surface area (Å²) in [4.78, 5) is 0. The van der Waals surface area contributed by atoms with Crippen LogP contribution in [0.2, 0.25) is 0 Å². The van der Waals surface area contributed by atoms with Crippen molar-refractivity contribution in [2.45, 2.75) is 37.6 Å². The minimum Gasteiger partial charge on any atom is -0.387 e. The first-order valence-electron chi connectivity index (χ1n) is 5.73. The maximum Gasteiger partial charge on any atom is 0.0943 e. The molecule has 1 fully saturated rings. The van der Waals surface area contributed by atoms with E-state index in [4.69, 9.17) is 4.74 Å². The van der Waals surface area contributed by atoms with Gasteiger partial charge >= 0.3 is 0 Å². The molecule has 2 heteroatoms. The third-order valence-electron chi connectivity index (χ3n) is 3.23. The lowest BCUT2D eigenvalue weighted by atomic mass is 9.74. The van der Waals surface area contributed by atoms with Gasteiger partial charge < -0.3 is 9.84 Å². The van der Waals surface area contributed by atoms with Crippen LogP contribution in [-0.2, 0) is 11.3 Å². The summed E-state index contributed by atoms with van der Waals surface area (Å²) in [6.45, 7) is 4.24. The van der Waals surface area contributed by atoms with Gasteiger partial charge in [0.25, 0.3) is 0 Å². The molecule has 0 spiro atoms. The van der Waals surface area contributed by atoms with E-state index in [0.29, 0.717) is 13.0 Å². The lowest BCUT2D eigenvalue weighted by Crippen LogP contribution is -2.52. The molecule has 1 aromatic carbocycles. The van der Waals surface area contributed by atoms with Gasteiger partial charge in [0.05, 0.1) is 18.3 Å². The Morgan fingerprint density at radius 3 is 2.75 bits per heavy atom. The Kier molecular flexibility index (Phi) is 3.42. The minimum absolute atomic E-state index is 0.0364. The second-order valence-corrected chi connectivity index (χ2v) is 4.42. The topological polar surface area (TPSA) is 29.5 Å². The molecular formula is C14H18O2. The molecule has 1 saturated carbocycles. The zero-order valence-electron chi connectivity index (χ0n) is 9.43. The van der Waals surface area contributed by atoms with Crippen molar-refractivity contribution in [2.24, 2.45) is 0 Å². The van der Waals surface area contributed by atoms with Crippen molar-refractivity contribution in [3.8, 4) is 0 Å². The Morgan fingerprint density at radius 2 is 2.19 bits per heavy atom. The Bertz CT molecular complexity index is 347. The van der Waals surface area contributed by atoms with Crippen LogP contribution < -0.4 is 0 Å². The summed E-state index contributed by atoms with van der Waals surface area (Å²) in [6.07, 6.45) is 4.10. The van der Waals surface area contributed by atoms with Crippen molar-refractivity contribution >= 4 is 0 Å². The molecule has 2 atom stereocenters. The summed E-state index contributed by atoms with van der Waals surface area (Å²) in [5, 5.41) is 10.2. The van der Waals surface area contributed by atoms with E-state index in [1.54, 1.807) is 6.08 Å². The summed E-state index contributed by atoms with van der Waals surface area (Å²) in [7, 11) is 0. The standard InChI is InChI=1S/C14H18O2/c1-2-9-14(15)10-8-13(14)16-11-12-6-4-3-5-7-12/h2-7,13,15H,1,8-11H2/t13-,14+/m0/s1. The molecule has 2 rings (SSSR count). The zero-order chi connectivity index (χ0) is 11.4. The quantitative estimate of drug-likeness (QED) is 0.770. The molecule has 2 nitrogen and oxygen atoms in total. The first-order chi connectivity index (χ1) is 7.74. The van der Waals surface area contributed by atoms with Gasteiger partial charge in [-0.1, -0.05) is 36.4 Å². The van der Waals surface area contributed by atoms with Gasteiger partial charge in [-0.15, -0.1) is 6.58 Å². The van der Waals surface area contributed by atoms with Crippen LogP contribution in [0.3, 0.4) is 0 Å². The maximum absolute atomic E-state index is 10.2. The molecule has 0 saturated heterocycles. The predicted octanol–water partition coefficient (Wildman–Crippen LogP) is 2.67. The number of benzene rings is 1. The first-order valence-corrected chi connectivity index (χ1v) is 5.73. The van der Waals surface area contributed by atoms with Crippen molar-refractivity contribution < 1.29 is 9.84 Å². The fourth-order valence-electron chi connectivity index (χ4n) is 2.09. The van der Waals surface area contributed by atoms with Crippen LogP contribution in [0.15, 0.2) is 43.0 Å². The molecule has 1 N–H and O–H groups in total. The highest BCUT2D eigenvalue weighted by Crippen LogP contribution is 2.38. The number of aliphatic hydroxyl groups is 1. The number of hydrogen-bond donors (Lipinski definition) is 1. The van der Waals surface area contributed by atoms with E-state index >= 15 is 0 Å². The van der Waals surface area contributed by atoms with E-state index in [9.17, 15) is 5.11 Å². The van der Waals surface area contributed by atoms with Gasteiger partial charge in [0.15, 0.2) is 0 Å². The average Bonchev–Trinajstić information content (AvgIpc) is 2.29. The summed E-state index contributed by atoms with van der Waals surface area (Å²) in [6, 6.07) is 10.0. The highest BCUT2D eigenvalue weighted by molar-refractivity contribution is 5.13. The van der Waals surface area contributed by atoms with E-state index in [2.05, 4.69) is 6.58 Å². The van der Waals surface area contributed by atoms with Crippen LogP contribution in [0, 0.1) is 0 Å². The van der Waals surface area contributed by atoms with E-state index in [0.717, 1.165) is 18.4 Å². The highest BCUT2D eigenvalue weighted by Gasteiger charge is 2.44. The van der Waals surface area contributed by atoms with Crippen LogP contribution in [0.1, 0.15) is 24.8 Å². The molecule has 1 aromatic rings. The highest BCUT2D eigenvalue weighted by atomic mass is 16.5. The second-order valence-electron chi connectivity index (χ2n) is 4.42. The summed E-state index contributed by atoms with van der Waals surface area (Å²) >= 11 is 0. The number of hydrogen-bond acceptors (Lipinski definition) is 2. The molecule has 1 aliphatic rings. The molecule has 0 radical (unpaired) electrons. The van der Waals surface area contributed by atoms with Gasteiger partial charge in [-0.05, 0) is 24.8 Å². The SMILES string of the molecule is C=CC[C@@]1(O)CC[C@@H]1OCc1ccccc1. The fourth-order valence-corrected chi connectivity index (χ4v) is 2.09. The van der Waals surface area contributed by atoms with Crippen molar-refractivity contribution in [1.29, 1.82) is 0 Å². The molecule has 0 bridgehead atoms. The third kappa shape index (κ3) is 2.34. The smallest absolute Gasteiger partial charge is 0.0943 e. The van der Waals surface area contributed by atoms with Gasteiger partial charge in [0, 0.05) is 0 Å². The molecule has 0 unspecified atom stereocenters. The van der Waals surface area contributed by atoms with Gasteiger partial charge in [-0.3, -0.25) is 0 Å². The van der Waals surface area contributed by atoms with Crippen LogP contribution >= 0.6 is 0 Å². The number of rotatable bonds is 5. The molecule has 0 aliphatic heterocycles. The van der Waals surface area contributed by atoms with Gasteiger partial charge in [-0.25, -0.2) is 0 Å². The fraction of sp³-hybridized carbons (Fsp3) is 0.429. The molecular weight excluding hydrogens is 200 g/mol. The second kappa shape index (κ2) is 4.81. The lowest BCUT2D eigenvalue weighted by Gasteiger charge is -2.44. The van der Waals surface area contributed by atoms with Crippen molar-refractivity contribution in [2.75, 3.05) is 0 Å². The Balaban J connectivity index is 1.85. The van der Waals surface area contributed by atoms with E-state index in [1.165, 1.54) is 0 Å². The predicted molar refractivity (Wildman–Crippen MR) is 64.0 cm³/mol. The number of ether oxygens (including phenoxy) is 1. The summed E-state index contributed by atoms with van der Waals surface area (Å²) in [5.41, 5.74) is 0.478. The van der Waals surface area contributed by atoms with Crippen molar-refractivity contribution in [3.63, 3.8) is 0 Å². The Morgan fingerprint density at radius 1 is 1.44 bits per heavy atom. The monoisotopic (exact) mass is 218 g/mol. The lowest BCUT2D eigenvalue weighted by molar-refractivity contribution is -0.175. The van der Waals surface area contributed by atoms with Crippen molar-refractivity contribution in [1.82, 2.24) is 0 Å². The van der Waals surface area contributed by atoms with E-state index < -0.39 is 5.60 Å². The average molecular weight is 218 g/mol. The molecule has 1 aliphatic carbocycles. The third-order valence-corrected chi connectivity index (χ3v) is 3.23. The summed E-state index contributed by atoms with van der Waals surface area (Å²) < 4.78 is 5.73. The first kappa shape index (κ1) is 11.4. The summed E-state index contributed by atoms with van der Waals surface area (Å²) in [5.74, 6) is 0. The molecule has 0 aromatic heterocycles. The maximum atomic E-state index is 10.2. The Hall–Kier alpha value is -1.12. The Labute approximate surface area is 96.6 Å². The largest absolute Gasteiger partial charge is 0.387 e. The molecule has 86 valence electrons. The van der Waals surface area contributed by atoms with Crippen LogP contribution in [0.4, 0.5) is 0 Å². The van der Waals surface area contributed by atoms with E-state index in [1.807, 2.05) is 30.3 Å². The van der Waals surface area contributed by atoms with Crippen LogP contribution in [-0.4, -0.2) is 16.8 Å². The van der Waals surface area contributed by atoms with Gasteiger partial charge in [0.1, 0.15) is 0 Å². The van der Waals surface area contributed by atoms with Crippen molar-refractivity contribution in [3.05, 3.63) is 48.6 Å². The minimum atomic E-state index is -0.670. The van der Waals surface area contributed by atoms with E-state index in [-0.39, 0.29) is 6.10 Å². The van der Waals surface area contributed by atoms with Crippen LogP contribution in [0.5, 0.6) is 0 Å².